The highest BCUT2D eigenvalue weighted by molar-refractivity contribution is 6.18. The summed E-state index contributed by atoms with van der Waals surface area (Å²) in [6.45, 7) is 2.11. The molecule has 1 aliphatic heterocycles. The molecule has 1 amide bonds. The fourth-order valence-corrected chi connectivity index (χ4v) is 3.94. The maximum absolute atomic E-state index is 13.5. The molecule has 3 aromatic rings. The van der Waals surface area contributed by atoms with Crippen molar-refractivity contribution in [2.24, 2.45) is 0 Å². The molecule has 0 atom stereocenters. The zero-order valence-corrected chi connectivity index (χ0v) is 17.8. The van der Waals surface area contributed by atoms with E-state index >= 15 is 0 Å². The van der Waals surface area contributed by atoms with Crippen molar-refractivity contribution < 1.29 is 23.5 Å². The van der Waals surface area contributed by atoms with Gasteiger partial charge in [0.15, 0.2) is 5.76 Å². The van der Waals surface area contributed by atoms with Gasteiger partial charge in [-0.1, -0.05) is 18.6 Å². The van der Waals surface area contributed by atoms with Crippen LogP contribution >= 0.6 is 0 Å². The van der Waals surface area contributed by atoms with E-state index in [9.17, 15) is 9.59 Å². The number of methoxy groups -OCH3 is 2. The summed E-state index contributed by atoms with van der Waals surface area (Å²) in [5.41, 5.74) is 1.21. The second-order valence-corrected chi connectivity index (χ2v) is 7.58. The zero-order chi connectivity index (χ0) is 21.8. The normalized spacial score (nSPS) is 14.4. The van der Waals surface area contributed by atoms with Crippen LogP contribution in [0.25, 0.3) is 11.0 Å². The molecule has 0 saturated carbocycles. The Balaban J connectivity index is 1.69. The van der Waals surface area contributed by atoms with Crippen molar-refractivity contribution in [3.05, 3.63) is 53.8 Å². The number of amides is 1. The van der Waals surface area contributed by atoms with Gasteiger partial charge in [0.25, 0.3) is 0 Å². The number of anilines is 1. The molecule has 0 radical (unpaired) electrons. The molecule has 1 saturated heterocycles. The summed E-state index contributed by atoms with van der Waals surface area (Å²) in [5.74, 6) is 0.438. The number of ketones is 1. The first-order valence-electron chi connectivity index (χ1n) is 10.4. The lowest BCUT2D eigenvalue weighted by Gasteiger charge is -2.25. The molecule has 4 rings (SSSR count). The highest BCUT2D eigenvalue weighted by atomic mass is 16.5. The largest absolute Gasteiger partial charge is 0.497 e. The Hall–Kier alpha value is -3.32. The van der Waals surface area contributed by atoms with Gasteiger partial charge in [0.2, 0.25) is 11.7 Å². The molecule has 0 unspecified atom stereocenters. The highest BCUT2D eigenvalue weighted by Crippen LogP contribution is 2.35. The number of para-hydroxylation sites is 1. The van der Waals surface area contributed by atoms with E-state index < -0.39 is 0 Å². The van der Waals surface area contributed by atoms with Crippen molar-refractivity contribution in [3.8, 4) is 11.5 Å². The van der Waals surface area contributed by atoms with E-state index in [0.29, 0.717) is 33.7 Å². The van der Waals surface area contributed by atoms with Crippen LogP contribution in [0.3, 0.4) is 0 Å². The number of piperidine rings is 1. The summed E-state index contributed by atoms with van der Waals surface area (Å²) in [7, 11) is 3.03. The molecule has 0 spiro atoms. The summed E-state index contributed by atoms with van der Waals surface area (Å²) in [5, 5.41) is 3.61. The maximum Gasteiger partial charge on any atom is 0.238 e. The number of carbonyl (C=O) groups excluding carboxylic acids is 2. The number of carbonyl (C=O) groups is 2. The molecule has 31 heavy (non-hydrogen) atoms. The Morgan fingerprint density at radius 3 is 2.55 bits per heavy atom. The Morgan fingerprint density at radius 2 is 1.81 bits per heavy atom. The minimum atomic E-state index is -0.389. The molecule has 2 aromatic carbocycles. The van der Waals surface area contributed by atoms with E-state index in [1.165, 1.54) is 20.6 Å². The first-order chi connectivity index (χ1) is 15.1. The number of fused-ring (bicyclic) bond motifs is 1. The van der Waals surface area contributed by atoms with Crippen molar-refractivity contribution in [2.75, 3.05) is 39.2 Å². The van der Waals surface area contributed by atoms with E-state index in [4.69, 9.17) is 13.9 Å². The number of hydrogen-bond acceptors (Lipinski definition) is 6. The van der Waals surface area contributed by atoms with Crippen LogP contribution in [0, 0.1) is 0 Å². The molecular formula is C24H26N2O5. The molecule has 0 aliphatic carbocycles. The summed E-state index contributed by atoms with van der Waals surface area (Å²) in [6.07, 6.45) is 3.40. The van der Waals surface area contributed by atoms with Crippen molar-refractivity contribution in [1.29, 1.82) is 0 Å². The smallest absolute Gasteiger partial charge is 0.238 e. The lowest BCUT2D eigenvalue weighted by atomic mass is 10.1. The Kier molecular flexibility index (Phi) is 6.23. The predicted octanol–water partition coefficient (Wildman–Crippen LogP) is 4.11. The minimum Gasteiger partial charge on any atom is -0.497 e. The van der Waals surface area contributed by atoms with Crippen molar-refractivity contribution in [2.45, 2.75) is 19.3 Å². The van der Waals surface area contributed by atoms with Crippen LogP contribution in [0.2, 0.25) is 0 Å². The fourth-order valence-electron chi connectivity index (χ4n) is 3.94. The van der Waals surface area contributed by atoms with Crippen LogP contribution in [0.15, 0.2) is 46.9 Å². The van der Waals surface area contributed by atoms with Crippen LogP contribution in [-0.4, -0.2) is 50.4 Å². The van der Waals surface area contributed by atoms with Gasteiger partial charge in [0, 0.05) is 5.39 Å². The summed E-state index contributed by atoms with van der Waals surface area (Å²) in [4.78, 5) is 28.4. The van der Waals surface area contributed by atoms with Crippen molar-refractivity contribution in [3.63, 3.8) is 0 Å². The van der Waals surface area contributed by atoms with Crippen LogP contribution in [-0.2, 0) is 4.79 Å². The lowest BCUT2D eigenvalue weighted by molar-refractivity contribution is -0.117. The molecular weight excluding hydrogens is 396 g/mol. The third-order valence-corrected chi connectivity index (χ3v) is 5.53. The first-order valence-corrected chi connectivity index (χ1v) is 10.4. The SMILES string of the molecule is COc1ccc(OC)c(C(=O)c2oc3ccccc3c2NC(=O)CN2CCCCC2)c1. The first kappa shape index (κ1) is 20.9. The van der Waals surface area contributed by atoms with E-state index in [2.05, 4.69) is 10.2 Å². The monoisotopic (exact) mass is 422 g/mol. The van der Waals surface area contributed by atoms with Gasteiger partial charge >= 0.3 is 0 Å². The molecule has 1 fully saturated rings. The average Bonchev–Trinajstić information content (AvgIpc) is 3.17. The fraction of sp³-hybridized carbons (Fsp3) is 0.333. The molecule has 1 aromatic heterocycles. The number of nitrogens with one attached hydrogen (secondary N) is 1. The number of nitrogens with zero attached hydrogens (tertiary/aromatic N) is 1. The van der Waals surface area contributed by atoms with E-state index in [1.54, 1.807) is 24.3 Å². The quantitative estimate of drug-likeness (QED) is 0.577. The van der Waals surface area contributed by atoms with E-state index in [0.717, 1.165) is 25.9 Å². The zero-order valence-electron chi connectivity index (χ0n) is 17.8. The van der Waals surface area contributed by atoms with E-state index in [-0.39, 0.29) is 24.0 Å². The van der Waals surface area contributed by atoms with E-state index in [1.807, 2.05) is 18.2 Å². The number of likely N-dealkylation sites (tertiary alicyclic amines) is 1. The van der Waals surface area contributed by atoms with Gasteiger partial charge in [0.1, 0.15) is 17.1 Å². The van der Waals surface area contributed by atoms with Crippen LogP contribution in [0.5, 0.6) is 11.5 Å². The summed E-state index contributed by atoms with van der Waals surface area (Å²) >= 11 is 0. The van der Waals surface area contributed by atoms with Gasteiger partial charge in [-0.25, -0.2) is 0 Å². The number of hydrogen-bond donors (Lipinski definition) is 1. The van der Waals surface area contributed by atoms with Gasteiger partial charge < -0.3 is 19.2 Å². The van der Waals surface area contributed by atoms with Gasteiger partial charge in [-0.05, 0) is 56.3 Å². The average molecular weight is 422 g/mol. The standard InChI is InChI=1S/C24H26N2O5/c1-29-16-10-11-19(30-2)18(14-16)23(28)24-22(17-8-4-5-9-20(17)31-24)25-21(27)15-26-12-6-3-7-13-26/h4-5,8-11,14H,3,6-7,12-13,15H2,1-2H3,(H,25,27). The maximum atomic E-state index is 13.5. The van der Waals surface area contributed by atoms with Gasteiger partial charge in [0.05, 0.1) is 32.0 Å². The minimum absolute atomic E-state index is 0.0692. The molecule has 7 heteroatoms. The third kappa shape index (κ3) is 4.41. The molecule has 1 aliphatic rings. The molecule has 162 valence electrons. The second-order valence-electron chi connectivity index (χ2n) is 7.58. The predicted molar refractivity (Wildman–Crippen MR) is 118 cm³/mol. The highest BCUT2D eigenvalue weighted by Gasteiger charge is 2.26. The number of rotatable bonds is 7. The topological polar surface area (TPSA) is 81.0 Å². The van der Waals surface area contributed by atoms with Crippen molar-refractivity contribution >= 4 is 28.3 Å². The molecule has 7 nitrogen and oxygen atoms in total. The number of benzene rings is 2. The second kappa shape index (κ2) is 9.22. The van der Waals surface area contributed by atoms with Crippen LogP contribution in [0.4, 0.5) is 5.69 Å². The molecule has 1 N–H and O–H groups in total. The van der Waals surface area contributed by atoms with Crippen LogP contribution < -0.4 is 14.8 Å². The Morgan fingerprint density at radius 1 is 1.03 bits per heavy atom. The summed E-state index contributed by atoms with van der Waals surface area (Å²) < 4.78 is 16.5. The lowest BCUT2D eigenvalue weighted by Crippen LogP contribution is -2.37. The van der Waals surface area contributed by atoms with Gasteiger partial charge in [-0.2, -0.15) is 0 Å². The summed E-state index contributed by atoms with van der Waals surface area (Å²) in [6, 6.07) is 12.3. The molecule has 0 bridgehead atoms. The van der Waals surface area contributed by atoms with Gasteiger partial charge in [-0.15, -0.1) is 0 Å². The third-order valence-electron chi connectivity index (χ3n) is 5.53. The van der Waals surface area contributed by atoms with Crippen molar-refractivity contribution in [1.82, 2.24) is 4.90 Å². The molecule has 2 heterocycles. The Bertz CT molecular complexity index is 1100. The number of ether oxygens (including phenoxy) is 2. The van der Waals surface area contributed by atoms with Gasteiger partial charge in [-0.3, -0.25) is 14.5 Å². The van der Waals surface area contributed by atoms with Crippen LogP contribution in [0.1, 0.15) is 35.4 Å². The Labute approximate surface area is 180 Å². The number of furan rings is 1.